The lowest BCUT2D eigenvalue weighted by Crippen LogP contribution is -2.11. The molecule has 0 fully saturated rings. The van der Waals surface area contributed by atoms with Gasteiger partial charge in [0.1, 0.15) is 12.7 Å². The van der Waals surface area contributed by atoms with Crippen LogP contribution in [-0.2, 0) is 9.53 Å². The highest BCUT2D eigenvalue weighted by Crippen LogP contribution is 2.40. The average Bonchev–Trinajstić information content (AvgIpc) is 2.53. The zero-order valence-electron chi connectivity index (χ0n) is 16.3. The molecule has 0 radical (unpaired) electrons. The predicted octanol–water partition coefficient (Wildman–Crippen LogP) is 4.70. The Morgan fingerprint density at radius 2 is 1.64 bits per heavy atom. The molecule has 25 heavy (non-hydrogen) atoms. The first-order valence-corrected chi connectivity index (χ1v) is 8.50. The molecule has 5 nitrogen and oxygen atoms in total. The van der Waals surface area contributed by atoms with Gasteiger partial charge < -0.3 is 18.9 Å². The topological polar surface area (TPSA) is 54.0 Å². The number of carbonyl (C=O) groups excluding carboxylic acids is 1. The lowest BCUT2D eigenvalue weighted by atomic mass is 10.1. The van der Waals surface area contributed by atoms with Gasteiger partial charge in [-0.3, -0.25) is 4.79 Å². The second-order valence-corrected chi connectivity index (χ2v) is 6.58. The van der Waals surface area contributed by atoms with Crippen LogP contribution < -0.4 is 14.2 Å². The Morgan fingerprint density at radius 3 is 2.08 bits per heavy atom. The van der Waals surface area contributed by atoms with Gasteiger partial charge in [0.05, 0.1) is 14.2 Å². The summed E-state index contributed by atoms with van der Waals surface area (Å²) >= 11 is 0. The van der Waals surface area contributed by atoms with Crippen molar-refractivity contribution in [2.75, 3.05) is 20.8 Å². The first-order valence-electron chi connectivity index (χ1n) is 8.50. The van der Waals surface area contributed by atoms with E-state index >= 15 is 0 Å². The summed E-state index contributed by atoms with van der Waals surface area (Å²) in [6.45, 7) is 10.2. The molecule has 1 unspecified atom stereocenters. The van der Waals surface area contributed by atoms with Crippen molar-refractivity contribution in [2.24, 2.45) is 5.92 Å². The Morgan fingerprint density at radius 1 is 1.08 bits per heavy atom. The molecule has 0 aliphatic carbocycles. The minimum absolute atomic E-state index is 0.218. The number of carbonyl (C=O) groups is 1. The van der Waals surface area contributed by atoms with Gasteiger partial charge in [0, 0.05) is 6.42 Å². The van der Waals surface area contributed by atoms with Crippen molar-refractivity contribution < 1.29 is 23.7 Å². The van der Waals surface area contributed by atoms with Crippen LogP contribution in [-0.4, -0.2) is 26.8 Å². The van der Waals surface area contributed by atoms with Gasteiger partial charge in [0.2, 0.25) is 5.75 Å². The maximum absolute atomic E-state index is 11.9. The lowest BCUT2D eigenvalue weighted by molar-refractivity contribution is -0.149. The van der Waals surface area contributed by atoms with E-state index < -0.39 is 6.10 Å². The predicted molar refractivity (Wildman–Crippen MR) is 98.4 cm³/mol. The molecule has 5 heteroatoms. The highest BCUT2D eigenvalue weighted by Gasteiger charge is 2.19. The van der Waals surface area contributed by atoms with Crippen LogP contribution in [0.3, 0.4) is 0 Å². The van der Waals surface area contributed by atoms with Crippen molar-refractivity contribution in [3.63, 3.8) is 0 Å². The van der Waals surface area contributed by atoms with E-state index in [2.05, 4.69) is 0 Å². The van der Waals surface area contributed by atoms with Gasteiger partial charge in [-0.15, -0.1) is 0 Å². The molecule has 1 aromatic carbocycles. The molecule has 0 aliphatic rings. The summed E-state index contributed by atoms with van der Waals surface area (Å²) in [5.41, 5.74) is 1.96. The summed E-state index contributed by atoms with van der Waals surface area (Å²) in [7, 11) is 3.14. The zero-order valence-corrected chi connectivity index (χ0v) is 16.3. The number of hydrogen-bond acceptors (Lipinski definition) is 5. The summed E-state index contributed by atoms with van der Waals surface area (Å²) in [6, 6.07) is 3.63. The first kappa shape index (κ1) is 20.9. The van der Waals surface area contributed by atoms with Crippen LogP contribution in [0.5, 0.6) is 17.2 Å². The molecule has 0 bridgehead atoms. The molecule has 1 aromatic rings. The number of allylic oxidation sites excluding steroid dienone is 1. The molecule has 0 aromatic heterocycles. The van der Waals surface area contributed by atoms with E-state index in [1.807, 2.05) is 52.8 Å². The summed E-state index contributed by atoms with van der Waals surface area (Å²) in [5, 5.41) is 0. The van der Waals surface area contributed by atoms with Crippen molar-refractivity contribution in [2.45, 2.75) is 47.1 Å². The van der Waals surface area contributed by atoms with Crippen LogP contribution in [0.25, 0.3) is 0 Å². The minimum Gasteiger partial charge on any atom is -0.493 e. The first-order chi connectivity index (χ1) is 11.8. The smallest absolute Gasteiger partial charge is 0.306 e. The zero-order chi connectivity index (χ0) is 19.0. The summed E-state index contributed by atoms with van der Waals surface area (Å²) in [4.78, 5) is 11.9. The third-order valence-corrected chi connectivity index (χ3v) is 3.55. The molecular weight excluding hydrogens is 320 g/mol. The largest absolute Gasteiger partial charge is 0.493 e. The van der Waals surface area contributed by atoms with Crippen LogP contribution in [0.15, 0.2) is 23.8 Å². The fourth-order valence-corrected chi connectivity index (χ4v) is 2.22. The van der Waals surface area contributed by atoms with E-state index in [1.165, 1.54) is 5.57 Å². The van der Waals surface area contributed by atoms with Crippen molar-refractivity contribution >= 4 is 5.97 Å². The van der Waals surface area contributed by atoms with Gasteiger partial charge in [0.15, 0.2) is 11.5 Å². The quantitative estimate of drug-likeness (QED) is 0.477. The van der Waals surface area contributed by atoms with Crippen molar-refractivity contribution in [3.05, 3.63) is 29.3 Å². The summed E-state index contributed by atoms with van der Waals surface area (Å²) in [5.74, 6) is 1.66. The van der Waals surface area contributed by atoms with Gasteiger partial charge in [-0.05, 0) is 50.5 Å². The monoisotopic (exact) mass is 350 g/mol. The highest BCUT2D eigenvalue weighted by molar-refractivity contribution is 5.70. The number of esters is 1. The average molecular weight is 350 g/mol. The third-order valence-electron chi connectivity index (χ3n) is 3.55. The van der Waals surface area contributed by atoms with E-state index in [-0.39, 0.29) is 11.9 Å². The van der Waals surface area contributed by atoms with Gasteiger partial charge in [-0.1, -0.05) is 19.4 Å². The standard InChI is InChI=1S/C20H30O5/c1-13(2)8-9-24-20-17(22-6)11-16(12-18(20)23-7)15(5)25-19(21)10-14(3)4/h8,11-12,14-15H,9-10H2,1-7H3. The van der Waals surface area contributed by atoms with Crippen LogP contribution in [0.2, 0.25) is 0 Å². The van der Waals surface area contributed by atoms with Crippen LogP contribution in [0.1, 0.15) is 52.7 Å². The Balaban J connectivity index is 3.02. The molecule has 0 saturated heterocycles. The molecule has 0 aliphatic heterocycles. The van der Waals surface area contributed by atoms with E-state index in [0.717, 1.165) is 5.56 Å². The second kappa shape index (κ2) is 9.97. The van der Waals surface area contributed by atoms with Crippen LogP contribution in [0, 0.1) is 5.92 Å². The van der Waals surface area contributed by atoms with Gasteiger partial charge in [-0.2, -0.15) is 0 Å². The van der Waals surface area contributed by atoms with Crippen molar-refractivity contribution in [1.82, 2.24) is 0 Å². The van der Waals surface area contributed by atoms with Gasteiger partial charge in [-0.25, -0.2) is 0 Å². The lowest BCUT2D eigenvalue weighted by Gasteiger charge is -2.19. The van der Waals surface area contributed by atoms with E-state index in [9.17, 15) is 4.79 Å². The molecule has 140 valence electrons. The number of ether oxygens (including phenoxy) is 4. The molecule has 1 rings (SSSR count). The fourth-order valence-electron chi connectivity index (χ4n) is 2.22. The van der Waals surface area contributed by atoms with Gasteiger partial charge in [0.25, 0.3) is 0 Å². The Labute approximate surface area is 150 Å². The fraction of sp³-hybridized carbons (Fsp3) is 0.550. The van der Waals surface area contributed by atoms with Crippen LogP contribution >= 0.6 is 0 Å². The maximum atomic E-state index is 11.9. The number of methoxy groups -OCH3 is 2. The third kappa shape index (κ3) is 6.69. The molecule has 0 saturated carbocycles. The minimum atomic E-state index is -0.402. The Bertz CT molecular complexity index is 575. The van der Waals surface area contributed by atoms with Gasteiger partial charge >= 0.3 is 5.97 Å². The van der Waals surface area contributed by atoms with E-state index in [1.54, 1.807) is 14.2 Å². The van der Waals surface area contributed by atoms with Crippen LogP contribution in [0.4, 0.5) is 0 Å². The molecule has 1 atom stereocenters. The summed E-state index contributed by atoms with van der Waals surface area (Å²) in [6.07, 6.45) is 1.96. The second-order valence-electron chi connectivity index (χ2n) is 6.58. The van der Waals surface area contributed by atoms with E-state index in [0.29, 0.717) is 30.3 Å². The number of rotatable bonds is 9. The molecular formula is C20H30O5. The van der Waals surface area contributed by atoms with Crippen molar-refractivity contribution in [3.8, 4) is 17.2 Å². The molecule has 0 spiro atoms. The normalized spacial score (nSPS) is 11.7. The summed E-state index contributed by atoms with van der Waals surface area (Å²) < 4.78 is 22.2. The van der Waals surface area contributed by atoms with Crippen molar-refractivity contribution in [1.29, 1.82) is 0 Å². The maximum Gasteiger partial charge on any atom is 0.306 e. The molecule has 0 amide bonds. The Kier molecular flexibility index (Phi) is 8.32. The SMILES string of the molecule is COc1cc(C(C)OC(=O)CC(C)C)cc(OC)c1OCC=C(C)C. The van der Waals surface area contributed by atoms with E-state index in [4.69, 9.17) is 18.9 Å². The number of benzene rings is 1. The molecule has 0 N–H and O–H groups in total. The highest BCUT2D eigenvalue weighted by atomic mass is 16.5. The Hall–Kier alpha value is -2.17. The number of hydrogen-bond donors (Lipinski definition) is 0. The molecule has 0 heterocycles.